The lowest BCUT2D eigenvalue weighted by molar-refractivity contribution is -0.104. The predicted molar refractivity (Wildman–Crippen MR) is 48.5 cm³/mol. The van der Waals surface area contributed by atoms with Crippen LogP contribution in [-0.4, -0.2) is 11.3 Å². The fourth-order valence-electron chi connectivity index (χ4n) is 0.751. The molecule has 1 aromatic heterocycles. The Morgan fingerprint density at radius 3 is 2.83 bits per heavy atom. The van der Waals surface area contributed by atoms with Gasteiger partial charge in [0.25, 0.3) is 0 Å². The normalized spacial score (nSPS) is 11.0. The molecule has 2 nitrogen and oxygen atoms in total. The molecular formula is C10H9NO. The first kappa shape index (κ1) is 8.40. The van der Waals surface area contributed by atoms with Crippen molar-refractivity contribution in [2.75, 3.05) is 0 Å². The van der Waals surface area contributed by atoms with E-state index in [4.69, 9.17) is 0 Å². The van der Waals surface area contributed by atoms with Gasteiger partial charge in [-0.3, -0.25) is 9.78 Å². The van der Waals surface area contributed by atoms with Crippen LogP contribution in [0.5, 0.6) is 0 Å². The van der Waals surface area contributed by atoms with Crippen molar-refractivity contribution in [1.29, 1.82) is 0 Å². The lowest BCUT2D eigenvalue weighted by atomic mass is 10.2. The second-order valence-corrected chi connectivity index (χ2v) is 2.17. The molecule has 1 aromatic rings. The maximum absolute atomic E-state index is 9.88. The van der Waals surface area contributed by atoms with E-state index in [1.54, 1.807) is 24.5 Å². The molecule has 12 heavy (non-hydrogen) atoms. The molecule has 0 N–H and O–H groups in total. The summed E-state index contributed by atoms with van der Waals surface area (Å²) in [5.74, 6) is 0. The molecular weight excluding hydrogens is 150 g/mol. The number of aldehydes is 1. The zero-order valence-electron chi connectivity index (χ0n) is 6.55. The summed E-state index contributed by atoms with van der Waals surface area (Å²) in [6.07, 6.45) is 11.0. The molecule has 0 atom stereocenters. The van der Waals surface area contributed by atoms with Gasteiger partial charge in [0.05, 0.1) is 0 Å². The van der Waals surface area contributed by atoms with Crippen LogP contribution in [0.1, 0.15) is 5.56 Å². The summed E-state index contributed by atoms with van der Waals surface area (Å²) < 4.78 is 0. The number of hydrogen-bond donors (Lipinski definition) is 0. The van der Waals surface area contributed by atoms with Gasteiger partial charge in [0.15, 0.2) is 0 Å². The van der Waals surface area contributed by atoms with Gasteiger partial charge in [0, 0.05) is 12.4 Å². The van der Waals surface area contributed by atoms with Crippen molar-refractivity contribution in [2.24, 2.45) is 0 Å². The number of carbonyl (C=O) groups is 1. The van der Waals surface area contributed by atoms with Crippen molar-refractivity contribution in [3.05, 3.63) is 48.3 Å². The Morgan fingerprint density at radius 1 is 1.25 bits per heavy atom. The highest BCUT2D eigenvalue weighted by molar-refractivity contribution is 5.66. The van der Waals surface area contributed by atoms with E-state index in [0.29, 0.717) is 0 Å². The monoisotopic (exact) mass is 159 g/mol. The summed E-state index contributed by atoms with van der Waals surface area (Å²) in [6, 6.07) is 3.81. The molecule has 0 spiro atoms. The van der Waals surface area contributed by atoms with Crippen LogP contribution in [0.25, 0.3) is 6.08 Å². The topological polar surface area (TPSA) is 30.0 Å². The van der Waals surface area contributed by atoms with Gasteiger partial charge in [0.2, 0.25) is 0 Å². The van der Waals surface area contributed by atoms with Crippen LogP contribution in [-0.2, 0) is 4.79 Å². The molecule has 0 fully saturated rings. The molecule has 2 heteroatoms. The van der Waals surface area contributed by atoms with Gasteiger partial charge < -0.3 is 0 Å². The van der Waals surface area contributed by atoms with Gasteiger partial charge in [-0.1, -0.05) is 24.3 Å². The first-order valence-corrected chi connectivity index (χ1v) is 3.62. The van der Waals surface area contributed by atoms with Crippen LogP contribution in [0.2, 0.25) is 0 Å². The predicted octanol–water partition coefficient (Wildman–Crippen LogP) is 1.85. The molecule has 0 bridgehead atoms. The van der Waals surface area contributed by atoms with Gasteiger partial charge in [-0.2, -0.15) is 0 Å². The molecule has 0 aliphatic rings. The van der Waals surface area contributed by atoms with E-state index in [-0.39, 0.29) is 0 Å². The molecule has 0 saturated heterocycles. The highest BCUT2D eigenvalue weighted by atomic mass is 16.1. The number of aromatic nitrogens is 1. The zero-order valence-corrected chi connectivity index (χ0v) is 6.55. The smallest absolute Gasteiger partial charge is 0.142 e. The van der Waals surface area contributed by atoms with E-state index in [0.717, 1.165) is 11.8 Å². The fourth-order valence-corrected chi connectivity index (χ4v) is 0.751. The first-order valence-electron chi connectivity index (χ1n) is 3.62. The van der Waals surface area contributed by atoms with Crippen LogP contribution in [0.15, 0.2) is 42.8 Å². The Balaban J connectivity index is 2.58. The molecule has 0 radical (unpaired) electrons. The molecule has 60 valence electrons. The van der Waals surface area contributed by atoms with E-state index >= 15 is 0 Å². The standard InChI is InChI=1S/C10H9NO/c12-8-3-1-2-5-10-6-4-7-11-9-10/h1-9H/b3-1+,5-2?. The van der Waals surface area contributed by atoms with Crippen LogP contribution in [0.4, 0.5) is 0 Å². The summed E-state index contributed by atoms with van der Waals surface area (Å²) >= 11 is 0. The molecule has 1 heterocycles. The Hall–Kier alpha value is -1.70. The second kappa shape index (κ2) is 5.02. The van der Waals surface area contributed by atoms with Gasteiger partial charge in [-0.25, -0.2) is 0 Å². The zero-order chi connectivity index (χ0) is 8.65. The summed E-state index contributed by atoms with van der Waals surface area (Å²) in [5.41, 5.74) is 1.02. The minimum atomic E-state index is 0.744. The van der Waals surface area contributed by atoms with Crippen molar-refractivity contribution < 1.29 is 4.79 Å². The average molecular weight is 159 g/mol. The minimum absolute atomic E-state index is 0.744. The maximum Gasteiger partial charge on any atom is 0.142 e. The van der Waals surface area contributed by atoms with E-state index in [2.05, 4.69) is 4.98 Å². The second-order valence-electron chi connectivity index (χ2n) is 2.17. The summed E-state index contributed by atoms with van der Waals surface area (Å²) in [6.45, 7) is 0. The van der Waals surface area contributed by atoms with Crippen LogP contribution >= 0.6 is 0 Å². The van der Waals surface area contributed by atoms with Crippen molar-refractivity contribution in [3.63, 3.8) is 0 Å². The van der Waals surface area contributed by atoms with E-state index in [1.807, 2.05) is 18.2 Å². The van der Waals surface area contributed by atoms with Crippen LogP contribution in [0, 0.1) is 0 Å². The molecule has 0 amide bonds. The Labute approximate surface area is 71.3 Å². The lowest BCUT2D eigenvalue weighted by Crippen LogP contribution is -1.71. The van der Waals surface area contributed by atoms with Crippen molar-refractivity contribution in [1.82, 2.24) is 4.98 Å². The summed E-state index contributed by atoms with van der Waals surface area (Å²) in [7, 11) is 0. The van der Waals surface area contributed by atoms with Gasteiger partial charge >= 0.3 is 0 Å². The van der Waals surface area contributed by atoms with Gasteiger partial charge in [0.1, 0.15) is 6.29 Å². The number of hydrogen-bond acceptors (Lipinski definition) is 2. The molecule has 1 rings (SSSR count). The minimum Gasteiger partial charge on any atom is -0.299 e. The maximum atomic E-state index is 9.88. The van der Waals surface area contributed by atoms with E-state index in [1.165, 1.54) is 6.08 Å². The third-order valence-corrected chi connectivity index (χ3v) is 1.27. The first-order chi connectivity index (χ1) is 5.93. The SMILES string of the molecule is O=C/C=C/C=Cc1cccnc1. The Morgan fingerprint density at radius 2 is 2.17 bits per heavy atom. The molecule has 0 unspecified atom stereocenters. The van der Waals surface area contributed by atoms with E-state index < -0.39 is 0 Å². The lowest BCUT2D eigenvalue weighted by Gasteiger charge is -1.86. The number of nitrogens with zero attached hydrogens (tertiary/aromatic N) is 1. The third-order valence-electron chi connectivity index (χ3n) is 1.27. The summed E-state index contributed by atoms with van der Waals surface area (Å²) in [5, 5.41) is 0. The number of pyridine rings is 1. The molecule has 0 aliphatic carbocycles. The van der Waals surface area contributed by atoms with E-state index in [9.17, 15) is 4.79 Å². The number of carbonyl (C=O) groups excluding carboxylic acids is 1. The largest absolute Gasteiger partial charge is 0.299 e. The van der Waals surface area contributed by atoms with Crippen molar-refractivity contribution in [3.8, 4) is 0 Å². The van der Waals surface area contributed by atoms with Gasteiger partial charge in [-0.05, 0) is 17.7 Å². The summed E-state index contributed by atoms with van der Waals surface area (Å²) in [4.78, 5) is 13.8. The number of allylic oxidation sites excluding steroid dienone is 3. The van der Waals surface area contributed by atoms with Crippen LogP contribution in [0.3, 0.4) is 0 Å². The number of rotatable bonds is 3. The molecule has 0 aromatic carbocycles. The van der Waals surface area contributed by atoms with Crippen molar-refractivity contribution >= 4 is 12.4 Å². The molecule has 0 saturated carbocycles. The van der Waals surface area contributed by atoms with Gasteiger partial charge in [-0.15, -0.1) is 0 Å². The Kier molecular flexibility index (Phi) is 3.51. The van der Waals surface area contributed by atoms with Crippen molar-refractivity contribution in [2.45, 2.75) is 0 Å². The quantitative estimate of drug-likeness (QED) is 0.382. The average Bonchev–Trinajstić information content (AvgIpc) is 2.14. The van der Waals surface area contributed by atoms with Crippen LogP contribution < -0.4 is 0 Å². The highest BCUT2D eigenvalue weighted by Gasteiger charge is 1.79. The fraction of sp³-hybridized carbons (Fsp3) is 0. The molecule has 0 aliphatic heterocycles. The Bertz CT molecular complexity index is 288. The third kappa shape index (κ3) is 2.92. The highest BCUT2D eigenvalue weighted by Crippen LogP contribution is 1.97.